The number of ether oxygens (including phenoxy) is 1. The lowest BCUT2D eigenvalue weighted by molar-refractivity contribution is 0.0600. The molecule has 0 radical (unpaired) electrons. The Kier molecular flexibility index (Phi) is 7.53. The number of anilines is 1. The number of para-hydroxylation sites is 1. The molecule has 1 atom stereocenters. The van der Waals surface area contributed by atoms with Crippen molar-refractivity contribution in [3.8, 4) is 11.3 Å². The molecular formula is C32H32N2O4S. The Bertz CT molecular complexity index is 1510. The number of amides is 1. The number of nitrogens with one attached hydrogen (secondary N) is 1. The smallest absolute Gasteiger partial charge is 0.337 e. The third kappa shape index (κ3) is 5.88. The van der Waals surface area contributed by atoms with Gasteiger partial charge in [-0.1, -0.05) is 51.1 Å². The largest absolute Gasteiger partial charge is 0.465 e. The Morgan fingerprint density at radius 1 is 1.05 bits per heavy atom. The van der Waals surface area contributed by atoms with Crippen molar-refractivity contribution in [1.82, 2.24) is 0 Å². The van der Waals surface area contributed by atoms with E-state index in [4.69, 9.17) is 14.1 Å². The van der Waals surface area contributed by atoms with Crippen LogP contribution < -0.4 is 5.32 Å². The van der Waals surface area contributed by atoms with Crippen molar-refractivity contribution in [3.05, 3.63) is 94.1 Å². The molecule has 0 spiro atoms. The maximum Gasteiger partial charge on any atom is 0.337 e. The summed E-state index contributed by atoms with van der Waals surface area (Å²) in [5.41, 5.74) is 4.06. The molecule has 2 heterocycles. The SMILES string of the molecule is COC(=O)c1ccc(-c2ccc(C=Nc3sc4c(c3C(=O)Nc3ccccc3)CC[C@@H](C(C)(C)C)C4)o2)cc1. The minimum absolute atomic E-state index is 0.133. The van der Waals surface area contributed by atoms with Gasteiger partial charge in [0.05, 0.1) is 24.5 Å². The minimum atomic E-state index is -0.381. The predicted molar refractivity (Wildman–Crippen MR) is 156 cm³/mol. The highest BCUT2D eigenvalue weighted by atomic mass is 32.1. The molecule has 1 N–H and O–H groups in total. The maximum atomic E-state index is 13.5. The first kappa shape index (κ1) is 26.6. The first-order valence-electron chi connectivity index (χ1n) is 13.1. The lowest BCUT2D eigenvalue weighted by Crippen LogP contribution is -2.27. The van der Waals surface area contributed by atoms with Crippen LogP contribution in [0.2, 0.25) is 0 Å². The van der Waals surface area contributed by atoms with Gasteiger partial charge >= 0.3 is 5.97 Å². The molecule has 0 fully saturated rings. The number of aliphatic imine (C=N–C) groups is 1. The quantitative estimate of drug-likeness (QED) is 0.199. The minimum Gasteiger partial charge on any atom is -0.465 e. The molecule has 7 heteroatoms. The van der Waals surface area contributed by atoms with Crippen LogP contribution in [0.4, 0.5) is 10.7 Å². The van der Waals surface area contributed by atoms with Crippen molar-refractivity contribution in [1.29, 1.82) is 0 Å². The fraction of sp³-hybridized carbons (Fsp3) is 0.281. The molecule has 1 aliphatic rings. The number of furan rings is 1. The van der Waals surface area contributed by atoms with Crippen LogP contribution in [-0.4, -0.2) is 25.2 Å². The van der Waals surface area contributed by atoms with Crippen LogP contribution in [0.25, 0.3) is 11.3 Å². The van der Waals surface area contributed by atoms with E-state index >= 15 is 0 Å². The number of rotatable bonds is 6. The van der Waals surface area contributed by atoms with E-state index in [2.05, 4.69) is 26.1 Å². The number of benzene rings is 2. The average molecular weight is 541 g/mol. The zero-order valence-corrected chi connectivity index (χ0v) is 23.4. The van der Waals surface area contributed by atoms with Crippen molar-refractivity contribution in [2.45, 2.75) is 40.0 Å². The normalized spacial score (nSPS) is 15.2. The molecule has 39 heavy (non-hydrogen) atoms. The van der Waals surface area contributed by atoms with E-state index in [1.54, 1.807) is 29.7 Å². The van der Waals surface area contributed by atoms with Crippen molar-refractivity contribution in [3.63, 3.8) is 0 Å². The van der Waals surface area contributed by atoms with Crippen LogP contribution in [0.3, 0.4) is 0 Å². The van der Waals surface area contributed by atoms with Crippen LogP contribution in [-0.2, 0) is 17.6 Å². The summed E-state index contributed by atoms with van der Waals surface area (Å²) < 4.78 is 10.8. The number of methoxy groups -OCH3 is 1. The van der Waals surface area contributed by atoms with Crippen molar-refractivity contribution in [2.24, 2.45) is 16.3 Å². The van der Waals surface area contributed by atoms with Crippen LogP contribution in [0.5, 0.6) is 0 Å². The van der Waals surface area contributed by atoms with Gasteiger partial charge in [0.1, 0.15) is 16.5 Å². The van der Waals surface area contributed by atoms with Gasteiger partial charge in [-0.2, -0.15) is 0 Å². The average Bonchev–Trinajstić information content (AvgIpc) is 3.56. The number of thiophene rings is 1. The van der Waals surface area contributed by atoms with Gasteiger partial charge < -0.3 is 14.5 Å². The van der Waals surface area contributed by atoms with E-state index in [1.807, 2.05) is 54.6 Å². The molecule has 2 aromatic carbocycles. The molecule has 6 nitrogen and oxygen atoms in total. The van der Waals surface area contributed by atoms with E-state index < -0.39 is 0 Å². The van der Waals surface area contributed by atoms with E-state index in [0.717, 1.165) is 36.1 Å². The van der Waals surface area contributed by atoms with Gasteiger partial charge in [0.25, 0.3) is 5.91 Å². The highest BCUT2D eigenvalue weighted by Crippen LogP contribution is 2.45. The summed E-state index contributed by atoms with van der Waals surface area (Å²) in [5, 5.41) is 3.75. The molecule has 0 unspecified atom stereocenters. The number of hydrogen-bond acceptors (Lipinski definition) is 6. The summed E-state index contributed by atoms with van der Waals surface area (Å²) in [6.45, 7) is 6.86. The van der Waals surface area contributed by atoms with Gasteiger partial charge in [0, 0.05) is 16.1 Å². The monoisotopic (exact) mass is 540 g/mol. The summed E-state index contributed by atoms with van der Waals surface area (Å²) >= 11 is 1.61. The molecule has 200 valence electrons. The first-order chi connectivity index (χ1) is 18.7. The molecule has 0 bridgehead atoms. The van der Waals surface area contributed by atoms with Crippen molar-refractivity contribution < 1.29 is 18.7 Å². The Balaban J connectivity index is 1.43. The predicted octanol–water partition coefficient (Wildman–Crippen LogP) is 7.95. The van der Waals surface area contributed by atoms with E-state index in [9.17, 15) is 9.59 Å². The fourth-order valence-electron chi connectivity index (χ4n) is 4.94. The van der Waals surface area contributed by atoms with Gasteiger partial charge in [-0.15, -0.1) is 11.3 Å². The maximum absolute atomic E-state index is 13.5. The van der Waals surface area contributed by atoms with Crippen LogP contribution >= 0.6 is 11.3 Å². The number of carbonyl (C=O) groups is 2. The van der Waals surface area contributed by atoms with Crippen LogP contribution in [0, 0.1) is 11.3 Å². The lowest BCUT2D eigenvalue weighted by atomic mass is 9.72. The second kappa shape index (κ2) is 11.0. The topological polar surface area (TPSA) is 80.9 Å². The second-order valence-electron chi connectivity index (χ2n) is 10.8. The number of hydrogen-bond donors (Lipinski definition) is 1. The van der Waals surface area contributed by atoms with E-state index in [1.165, 1.54) is 12.0 Å². The summed E-state index contributed by atoms with van der Waals surface area (Å²) in [6, 6.07) is 20.3. The highest BCUT2D eigenvalue weighted by Gasteiger charge is 2.33. The summed E-state index contributed by atoms with van der Waals surface area (Å²) in [5.74, 6) is 1.28. The Morgan fingerprint density at radius 2 is 1.79 bits per heavy atom. The van der Waals surface area contributed by atoms with Crippen LogP contribution in [0.15, 0.2) is 76.1 Å². The molecule has 0 saturated carbocycles. The Hall–Kier alpha value is -3.97. The third-order valence-corrected chi connectivity index (χ3v) is 8.42. The summed E-state index contributed by atoms with van der Waals surface area (Å²) in [4.78, 5) is 31.2. The van der Waals surface area contributed by atoms with Gasteiger partial charge in [-0.3, -0.25) is 4.79 Å². The number of fused-ring (bicyclic) bond motifs is 1. The number of carbonyl (C=O) groups excluding carboxylic acids is 2. The van der Waals surface area contributed by atoms with E-state index in [-0.39, 0.29) is 17.3 Å². The zero-order chi connectivity index (χ0) is 27.6. The van der Waals surface area contributed by atoms with Gasteiger partial charge in [0.2, 0.25) is 0 Å². The molecule has 1 aliphatic carbocycles. The van der Waals surface area contributed by atoms with Gasteiger partial charge in [0.15, 0.2) is 0 Å². The van der Waals surface area contributed by atoms with Gasteiger partial charge in [-0.25, -0.2) is 9.79 Å². The Labute approximate surface area is 232 Å². The van der Waals surface area contributed by atoms with Crippen LogP contribution in [0.1, 0.15) is 64.1 Å². The highest BCUT2D eigenvalue weighted by molar-refractivity contribution is 7.16. The molecule has 0 aliphatic heterocycles. The van der Waals surface area contributed by atoms with Gasteiger partial charge in [-0.05, 0) is 72.6 Å². The zero-order valence-electron chi connectivity index (χ0n) is 22.6. The molecule has 5 rings (SSSR count). The van der Waals surface area contributed by atoms with E-state index in [0.29, 0.717) is 33.6 Å². The van der Waals surface area contributed by atoms with Crippen molar-refractivity contribution >= 4 is 40.1 Å². The fourth-order valence-corrected chi connectivity index (χ4v) is 6.21. The third-order valence-electron chi connectivity index (χ3n) is 7.26. The second-order valence-corrected chi connectivity index (χ2v) is 11.9. The molecule has 1 amide bonds. The molecule has 4 aromatic rings. The molecular weight excluding hydrogens is 508 g/mol. The first-order valence-corrected chi connectivity index (χ1v) is 13.9. The lowest BCUT2D eigenvalue weighted by Gasteiger charge is -2.33. The van der Waals surface area contributed by atoms with Crippen molar-refractivity contribution in [2.75, 3.05) is 12.4 Å². The standard InChI is InChI=1S/C32H32N2O4S/c1-32(2,3)22-14-16-25-27(18-22)39-30(28(25)29(35)34-23-8-6-5-7-9-23)33-19-24-15-17-26(38-24)20-10-12-21(13-11-20)31(36)37-4/h5-13,15,17,19,22H,14,16,18H2,1-4H3,(H,34,35)/t22-/m1/s1. The summed E-state index contributed by atoms with van der Waals surface area (Å²) in [6.07, 6.45) is 4.55. The number of esters is 1. The summed E-state index contributed by atoms with van der Waals surface area (Å²) in [7, 11) is 1.36. The number of nitrogens with zero attached hydrogens (tertiary/aromatic N) is 1. The molecule has 2 aromatic heterocycles. The Morgan fingerprint density at radius 3 is 2.49 bits per heavy atom. The molecule has 0 saturated heterocycles.